The average molecular weight is 405 g/mol. The summed E-state index contributed by atoms with van der Waals surface area (Å²) in [5.74, 6) is 1.00. The van der Waals surface area contributed by atoms with Gasteiger partial charge in [-0.3, -0.25) is 0 Å². The van der Waals surface area contributed by atoms with E-state index in [0.29, 0.717) is 17.2 Å². The van der Waals surface area contributed by atoms with Crippen molar-refractivity contribution in [2.24, 2.45) is 0 Å². The first-order valence-electron chi connectivity index (χ1n) is 8.90. The number of hydrogen-bond acceptors (Lipinski definition) is 3. The molecule has 0 saturated heterocycles. The van der Waals surface area contributed by atoms with Gasteiger partial charge >= 0.3 is 6.03 Å². The van der Waals surface area contributed by atoms with E-state index >= 15 is 0 Å². The van der Waals surface area contributed by atoms with Crippen molar-refractivity contribution in [1.29, 1.82) is 0 Å². The van der Waals surface area contributed by atoms with Crippen molar-refractivity contribution in [3.63, 3.8) is 0 Å². The summed E-state index contributed by atoms with van der Waals surface area (Å²) in [6, 6.07) is -0.436. The first-order valence-corrected chi connectivity index (χ1v) is 8.90. The van der Waals surface area contributed by atoms with E-state index in [1.807, 2.05) is 0 Å². The number of carbonyl (C=O) groups excluding carboxylic acids is 1. The van der Waals surface area contributed by atoms with Crippen molar-refractivity contribution >= 4 is 6.03 Å². The molecule has 0 rings (SSSR count). The van der Waals surface area contributed by atoms with Crippen LogP contribution < -0.4 is 10.6 Å². The second kappa shape index (κ2) is 18.1. The third-order valence-corrected chi connectivity index (χ3v) is 2.92. The zero-order chi connectivity index (χ0) is 22.5. The SMILES string of the molecule is C=C/C=C\C=C\O/C=C/C=C(\C=C)NC(=O)N/C=C/C=C(\C=C)O/C(C=C)=C/C=C. The molecule has 30 heavy (non-hydrogen) atoms. The van der Waals surface area contributed by atoms with Gasteiger partial charge in [0.15, 0.2) is 0 Å². The fourth-order valence-electron chi connectivity index (χ4n) is 1.60. The van der Waals surface area contributed by atoms with Crippen molar-refractivity contribution < 1.29 is 14.3 Å². The second-order valence-corrected chi connectivity index (χ2v) is 5.08. The van der Waals surface area contributed by atoms with E-state index in [4.69, 9.17) is 9.47 Å². The first-order chi connectivity index (χ1) is 14.6. The zero-order valence-corrected chi connectivity index (χ0v) is 17.0. The minimum absolute atomic E-state index is 0.436. The molecule has 0 radical (unpaired) electrons. The van der Waals surface area contributed by atoms with Gasteiger partial charge in [0.1, 0.15) is 11.5 Å². The van der Waals surface area contributed by atoms with Gasteiger partial charge in [0, 0.05) is 11.9 Å². The standard InChI is InChI=1S/C25H28N2O3/c1-6-11-12-13-20-29-21-15-17-22(8-3)27-25(28)26-19-14-18-24(10-5)30-23(9-4)16-7-2/h6-21H,1-5H2,(H2,26,27,28)/b12-11-,19-14+,20-13+,21-15+,22-17+,23-16+,24-18+. The Morgan fingerprint density at radius 1 is 0.700 bits per heavy atom. The van der Waals surface area contributed by atoms with E-state index in [2.05, 4.69) is 43.5 Å². The fourth-order valence-corrected chi connectivity index (χ4v) is 1.60. The zero-order valence-electron chi connectivity index (χ0n) is 17.0. The topological polar surface area (TPSA) is 59.6 Å². The van der Waals surface area contributed by atoms with Crippen LogP contribution in [0.3, 0.4) is 0 Å². The summed E-state index contributed by atoms with van der Waals surface area (Å²) < 4.78 is 10.7. The van der Waals surface area contributed by atoms with E-state index in [1.54, 1.807) is 66.8 Å². The third-order valence-electron chi connectivity index (χ3n) is 2.92. The Hall–Kier alpha value is -4.25. The van der Waals surface area contributed by atoms with Crippen LogP contribution in [0.1, 0.15) is 0 Å². The molecule has 0 heterocycles. The normalized spacial score (nSPS) is 12.9. The lowest BCUT2D eigenvalue weighted by Gasteiger charge is -2.06. The highest BCUT2D eigenvalue weighted by atomic mass is 16.5. The van der Waals surface area contributed by atoms with E-state index in [0.717, 1.165) is 0 Å². The Bertz CT molecular complexity index is 819. The quantitative estimate of drug-likeness (QED) is 0.276. The molecule has 0 aliphatic rings. The minimum atomic E-state index is -0.436. The van der Waals surface area contributed by atoms with Gasteiger partial charge in [-0.25, -0.2) is 4.79 Å². The fraction of sp³-hybridized carbons (Fsp3) is 0. The predicted molar refractivity (Wildman–Crippen MR) is 126 cm³/mol. The molecule has 0 aromatic carbocycles. The maximum absolute atomic E-state index is 11.9. The highest BCUT2D eigenvalue weighted by molar-refractivity contribution is 5.77. The van der Waals surface area contributed by atoms with Crippen LogP contribution >= 0.6 is 0 Å². The van der Waals surface area contributed by atoms with Crippen molar-refractivity contribution in [1.82, 2.24) is 10.6 Å². The van der Waals surface area contributed by atoms with Gasteiger partial charge in [0.25, 0.3) is 0 Å². The molecule has 0 saturated carbocycles. The van der Waals surface area contributed by atoms with Gasteiger partial charge < -0.3 is 20.1 Å². The summed E-state index contributed by atoms with van der Waals surface area (Å²) >= 11 is 0. The van der Waals surface area contributed by atoms with E-state index in [1.165, 1.54) is 30.9 Å². The smallest absolute Gasteiger partial charge is 0.323 e. The molecule has 5 heteroatoms. The van der Waals surface area contributed by atoms with Gasteiger partial charge in [0.05, 0.1) is 12.5 Å². The van der Waals surface area contributed by atoms with Crippen LogP contribution in [-0.2, 0) is 9.47 Å². The number of carbonyl (C=O) groups is 1. The summed E-state index contributed by atoms with van der Waals surface area (Å²) in [5, 5.41) is 5.20. The van der Waals surface area contributed by atoms with Crippen LogP contribution in [0.2, 0.25) is 0 Å². The summed E-state index contributed by atoms with van der Waals surface area (Å²) in [6.45, 7) is 18.1. The summed E-state index contributed by atoms with van der Waals surface area (Å²) in [6.07, 6.45) is 25.7. The van der Waals surface area contributed by atoms with E-state index in [9.17, 15) is 4.79 Å². The van der Waals surface area contributed by atoms with Crippen molar-refractivity contribution in [2.45, 2.75) is 0 Å². The van der Waals surface area contributed by atoms with Crippen LogP contribution in [0.25, 0.3) is 0 Å². The van der Waals surface area contributed by atoms with E-state index < -0.39 is 6.03 Å². The molecule has 2 N–H and O–H groups in total. The number of rotatable bonds is 14. The second-order valence-electron chi connectivity index (χ2n) is 5.08. The van der Waals surface area contributed by atoms with Gasteiger partial charge in [-0.2, -0.15) is 0 Å². The van der Waals surface area contributed by atoms with Crippen LogP contribution in [0, 0.1) is 0 Å². The Labute approximate surface area is 179 Å². The van der Waals surface area contributed by atoms with Crippen molar-refractivity contribution in [3.05, 3.63) is 148 Å². The minimum Gasteiger partial charge on any atom is -0.473 e. The summed E-state index contributed by atoms with van der Waals surface area (Å²) in [7, 11) is 0. The monoisotopic (exact) mass is 404 g/mol. The Kier molecular flexibility index (Phi) is 15.6. The molecular weight excluding hydrogens is 376 g/mol. The van der Waals surface area contributed by atoms with Gasteiger partial charge in [-0.05, 0) is 54.7 Å². The predicted octanol–water partition coefficient (Wildman–Crippen LogP) is 6.00. The number of allylic oxidation sites excluding steroid dienone is 13. The number of ether oxygens (including phenoxy) is 2. The Morgan fingerprint density at radius 3 is 2.03 bits per heavy atom. The number of urea groups is 1. The molecule has 0 bridgehead atoms. The molecule has 0 unspecified atom stereocenters. The maximum Gasteiger partial charge on any atom is 0.323 e. The molecule has 0 aliphatic carbocycles. The third kappa shape index (κ3) is 13.9. The molecule has 0 atom stereocenters. The molecular formula is C25H28N2O3. The van der Waals surface area contributed by atoms with E-state index in [-0.39, 0.29) is 0 Å². The van der Waals surface area contributed by atoms with Crippen LogP contribution in [-0.4, -0.2) is 6.03 Å². The molecule has 2 amide bonds. The summed E-state index contributed by atoms with van der Waals surface area (Å²) in [4.78, 5) is 11.9. The molecule has 0 aliphatic heterocycles. The lowest BCUT2D eigenvalue weighted by molar-refractivity contribution is 0.246. The lowest BCUT2D eigenvalue weighted by Crippen LogP contribution is -2.30. The number of nitrogens with one attached hydrogen (secondary N) is 2. The number of hydrogen-bond donors (Lipinski definition) is 2. The molecule has 156 valence electrons. The van der Waals surface area contributed by atoms with Crippen LogP contribution in [0.5, 0.6) is 0 Å². The van der Waals surface area contributed by atoms with Gasteiger partial charge in [-0.1, -0.05) is 57.2 Å². The Morgan fingerprint density at radius 2 is 1.40 bits per heavy atom. The molecule has 0 aromatic rings. The molecule has 5 nitrogen and oxygen atoms in total. The van der Waals surface area contributed by atoms with Crippen LogP contribution in [0.4, 0.5) is 4.79 Å². The van der Waals surface area contributed by atoms with Gasteiger partial charge in [-0.15, -0.1) is 0 Å². The lowest BCUT2D eigenvalue weighted by atomic mass is 10.4. The summed E-state index contributed by atoms with van der Waals surface area (Å²) in [5.41, 5.74) is 0.493. The molecule has 0 aromatic heterocycles. The Balaban J connectivity index is 4.63. The average Bonchev–Trinajstić information content (AvgIpc) is 2.75. The first kappa shape index (κ1) is 25.8. The van der Waals surface area contributed by atoms with Crippen molar-refractivity contribution in [3.8, 4) is 0 Å². The maximum atomic E-state index is 11.9. The van der Waals surface area contributed by atoms with Crippen molar-refractivity contribution in [2.75, 3.05) is 0 Å². The highest BCUT2D eigenvalue weighted by Gasteiger charge is 1.98. The van der Waals surface area contributed by atoms with Gasteiger partial charge in [0.2, 0.25) is 0 Å². The highest BCUT2D eigenvalue weighted by Crippen LogP contribution is 2.08. The van der Waals surface area contributed by atoms with Crippen LogP contribution in [0.15, 0.2) is 148 Å². The molecule has 0 spiro atoms. The largest absolute Gasteiger partial charge is 0.473 e. The number of amides is 2. The molecule has 0 fully saturated rings.